The van der Waals surface area contributed by atoms with E-state index in [1.165, 1.54) is 17.5 Å². The van der Waals surface area contributed by atoms with Crippen molar-refractivity contribution in [1.29, 1.82) is 0 Å². The van der Waals surface area contributed by atoms with E-state index in [9.17, 15) is 4.79 Å². The van der Waals surface area contributed by atoms with E-state index in [1.54, 1.807) is 0 Å². The van der Waals surface area contributed by atoms with Crippen LogP contribution in [0.25, 0.3) is 0 Å². The number of benzene rings is 1. The highest BCUT2D eigenvalue weighted by Gasteiger charge is 2.24. The van der Waals surface area contributed by atoms with Gasteiger partial charge >= 0.3 is 0 Å². The first-order valence-corrected chi connectivity index (χ1v) is 7.56. The zero-order chi connectivity index (χ0) is 13.8. The zero-order valence-electron chi connectivity index (χ0n) is 11.8. The second-order valence-electron chi connectivity index (χ2n) is 5.80. The maximum absolute atomic E-state index is 12.3. The number of allylic oxidation sites excluding steroid dienone is 2. The summed E-state index contributed by atoms with van der Waals surface area (Å²) >= 11 is 0. The standard InChI is InChI=1S/C17H22N2O/c20-17(19-11-13-6-2-1-3-7-13)16-10-14-8-4-5-9-15(14)12-18-16/h1-2,4-5,8-9,13,16,18H,3,6-7,10-12H2,(H,19,20). The van der Waals surface area contributed by atoms with Crippen LogP contribution < -0.4 is 10.6 Å². The van der Waals surface area contributed by atoms with Gasteiger partial charge in [-0.1, -0.05) is 36.4 Å². The van der Waals surface area contributed by atoms with Gasteiger partial charge in [-0.2, -0.15) is 0 Å². The first kappa shape index (κ1) is 13.4. The minimum absolute atomic E-state index is 0.0796. The summed E-state index contributed by atoms with van der Waals surface area (Å²) in [5, 5.41) is 6.45. The molecule has 20 heavy (non-hydrogen) atoms. The molecule has 106 valence electrons. The second-order valence-corrected chi connectivity index (χ2v) is 5.80. The Balaban J connectivity index is 1.52. The van der Waals surface area contributed by atoms with Gasteiger partial charge in [-0.05, 0) is 42.7 Å². The first-order valence-electron chi connectivity index (χ1n) is 7.56. The molecule has 0 radical (unpaired) electrons. The van der Waals surface area contributed by atoms with Crippen LogP contribution in [0.5, 0.6) is 0 Å². The van der Waals surface area contributed by atoms with E-state index in [-0.39, 0.29) is 11.9 Å². The summed E-state index contributed by atoms with van der Waals surface area (Å²) in [5.41, 5.74) is 2.61. The van der Waals surface area contributed by atoms with E-state index in [1.807, 2.05) is 6.07 Å². The van der Waals surface area contributed by atoms with Gasteiger partial charge in [0.05, 0.1) is 6.04 Å². The number of nitrogens with one attached hydrogen (secondary N) is 2. The van der Waals surface area contributed by atoms with Crippen LogP contribution in [0.1, 0.15) is 30.4 Å². The topological polar surface area (TPSA) is 41.1 Å². The molecule has 0 bridgehead atoms. The van der Waals surface area contributed by atoms with Gasteiger partial charge in [0.15, 0.2) is 0 Å². The van der Waals surface area contributed by atoms with Crippen molar-refractivity contribution in [2.45, 2.75) is 38.3 Å². The first-order chi connectivity index (χ1) is 9.83. The van der Waals surface area contributed by atoms with E-state index in [0.29, 0.717) is 5.92 Å². The predicted molar refractivity (Wildman–Crippen MR) is 80.3 cm³/mol. The van der Waals surface area contributed by atoms with Crippen molar-refractivity contribution in [2.24, 2.45) is 5.92 Å². The van der Waals surface area contributed by atoms with Gasteiger partial charge in [-0.25, -0.2) is 0 Å². The van der Waals surface area contributed by atoms with Crippen LogP contribution in [0.15, 0.2) is 36.4 Å². The Hall–Kier alpha value is -1.61. The average Bonchev–Trinajstić information content (AvgIpc) is 2.53. The molecule has 3 nitrogen and oxygen atoms in total. The third-order valence-electron chi connectivity index (χ3n) is 4.34. The molecule has 0 saturated heterocycles. The summed E-state index contributed by atoms with van der Waals surface area (Å²) in [7, 11) is 0. The number of amides is 1. The van der Waals surface area contributed by atoms with Gasteiger partial charge in [0, 0.05) is 13.1 Å². The van der Waals surface area contributed by atoms with Gasteiger partial charge in [-0.3, -0.25) is 4.79 Å². The van der Waals surface area contributed by atoms with E-state index >= 15 is 0 Å². The van der Waals surface area contributed by atoms with Crippen molar-refractivity contribution < 1.29 is 4.79 Å². The Bertz CT molecular complexity index is 509. The number of hydrogen-bond acceptors (Lipinski definition) is 2. The normalized spacial score (nSPS) is 25.0. The van der Waals surface area contributed by atoms with E-state index < -0.39 is 0 Å². The fraction of sp³-hybridized carbons (Fsp3) is 0.471. The van der Waals surface area contributed by atoms with Crippen LogP contribution in [0, 0.1) is 5.92 Å². The van der Waals surface area contributed by atoms with Gasteiger partial charge in [0.1, 0.15) is 0 Å². The summed E-state index contributed by atoms with van der Waals surface area (Å²) < 4.78 is 0. The minimum atomic E-state index is -0.0796. The second kappa shape index (κ2) is 6.23. The molecule has 3 heteroatoms. The molecule has 1 aromatic rings. The van der Waals surface area contributed by atoms with Crippen molar-refractivity contribution in [2.75, 3.05) is 6.54 Å². The van der Waals surface area contributed by atoms with Crippen LogP contribution in [-0.4, -0.2) is 18.5 Å². The molecule has 1 aliphatic heterocycles. The molecule has 0 aromatic heterocycles. The summed E-state index contributed by atoms with van der Waals surface area (Å²) in [6.45, 7) is 1.60. The van der Waals surface area contributed by atoms with Crippen LogP contribution in [0.4, 0.5) is 0 Å². The van der Waals surface area contributed by atoms with Crippen LogP contribution >= 0.6 is 0 Å². The SMILES string of the molecule is O=C(NCC1CC=CCC1)C1Cc2ccccc2CN1. The number of carbonyl (C=O) groups is 1. The molecule has 0 fully saturated rings. The highest BCUT2D eigenvalue weighted by molar-refractivity contribution is 5.82. The summed E-state index contributed by atoms with van der Waals surface area (Å²) in [6.07, 6.45) is 8.70. The van der Waals surface area contributed by atoms with Crippen LogP contribution in [0.3, 0.4) is 0 Å². The molecule has 1 heterocycles. The Morgan fingerprint density at radius 3 is 2.90 bits per heavy atom. The fourth-order valence-electron chi connectivity index (χ4n) is 3.05. The lowest BCUT2D eigenvalue weighted by molar-refractivity contribution is -0.123. The third kappa shape index (κ3) is 3.10. The number of fused-ring (bicyclic) bond motifs is 1. The largest absolute Gasteiger partial charge is 0.354 e. The molecule has 0 saturated carbocycles. The summed E-state index contributed by atoms with van der Waals surface area (Å²) in [4.78, 5) is 12.3. The quantitative estimate of drug-likeness (QED) is 0.827. The Morgan fingerprint density at radius 2 is 2.10 bits per heavy atom. The summed E-state index contributed by atoms with van der Waals surface area (Å²) in [6, 6.07) is 8.28. The lowest BCUT2D eigenvalue weighted by Gasteiger charge is -2.26. The lowest BCUT2D eigenvalue weighted by atomic mass is 9.93. The average molecular weight is 270 g/mol. The molecule has 2 unspecified atom stereocenters. The molecule has 2 atom stereocenters. The van der Waals surface area contributed by atoms with Crippen molar-refractivity contribution in [1.82, 2.24) is 10.6 Å². The minimum Gasteiger partial charge on any atom is -0.354 e. The maximum Gasteiger partial charge on any atom is 0.237 e. The van der Waals surface area contributed by atoms with E-state index in [0.717, 1.165) is 32.4 Å². The maximum atomic E-state index is 12.3. The van der Waals surface area contributed by atoms with E-state index in [4.69, 9.17) is 0 Å². The predicted octanol–water partition coefficient (Wildman–Crippen LogP) is 2.17. The van der Waals surface area contributed by atoms with Gasteiger partial charge < -0.3 is 10.6 Å². The Kier molecular flexibility index (Phi) is 4.16. The molecule has 2 N–H and O–H groups in total. The monoisotopic (exact) mass is 270 g/mol. The van der Waals surface area contributed by atoms with Crippen LogP contribution in [0.2, 0.25) is 0 Å². The van der Waals surface area contributed by atoms with Crippen molar-refractivity contribution in [3.8, 4) is 0 Å². The molecule has 1 aromatic carbocycles. The Morgan fingerprint density at radius 1 is 1.25 bits per heavy atom. The molecule has 1 aliphatic carbocycles. The van der Waals surface area contributed by atoms with Gasteiger partial charge in [0.2, 0.25) is 5.91 Å². The molecular formula is C17H22N2O. The van der Waals surface area contributed by atoms with E-state index in [2.05, 4.69) is 41.0 Å². The van der Waals surface area contributed by atoms with Crippen molar-refractivity contribution in [3.05, 3.63) is 47.5 Å². The fourth-order valence-corrected chi connectivity index (χ4v) is 3.05. The number of rotatable bonds is 3. The zero-order valence-corrected chi connectivity index (χ0v) is 11.8. The lowest BCUT2D eigenvalue weighted by Crippen LogP contribution is -2.48. The Labute approximate surface area is 120 Å². The van der Waals surface area contributed by atoms with Gasteiger partial charge in [-0.15, -0.1) is 0 Å². The highest BCUT2D eigenvalue weighted by Crippen LogP contribution is 2.18. The highest BCUT2D eigenvalue weighted by atomic mass is 16.2. The summed E-state index contributed by atoms with van der Waals surface area (Å²) in [5.74, 6) is 0.758. The molecule has 0 spiro atoms. The molecule has 2 aliphatic rings. The molecule has 1 amide bonds. The van der Waals surface area contributed by atoms with Crippen molar-refractivity contribution >= 4 is 5.91 Å². The van der Waals surface area contributed by atoms with Crippen molar-refractivity contribution in [3.63, 3.8) is 0 Å². The molecular weight excluding hydrogens is 248 g/mol. The number of carbonyl (C=O) groups excluding carboxylic acids is 1. The van der Waals surface area contributed by atoms with Crippen LogP contribution in [-0.2, 0) is 17.8 Å². The smallest absolute Gasteiger partial charge is 0.237 e. The molecule has 3 rings (SSSR count). The third-order valence-corrected chi connectivity index (χ3v) is 4.34. The van der Waals surface area contributed by atoms with Gasteiger partial charge in [0.25, 0.3) is 0 Å². The number of hydrogen-bond donors (Lipinski definition) is 2.